The van der Waals surface area contributed by atoms with Gasteiger partial charge in [0.05, 0.1) is 23.7 Å². The van der Waals surface area contributed by atoms with Crippen molar-refractivity contribution in [1.29, 1.82) is 0 Å². The molecule has 26 heavy (non-hydrogen) atoms. The minimum atomic E-state index is -0.352. The van der Waals surface area contributed by atoms with Crippen LogP contribution in [-0.2, 0) is 11.3 Å². The normalized spacial score (nSPS) is 10.9. The van der Waals surface area contributed by atoms with Crippen LogP contribution in [0.5, 0.6) is 0 Å². The van der Waals surface area contributed by atoms with Crippen molar-refractivity contribution >= 4 is 28.9 Å². The van der Waals surface area contributed by atoms with Crippen LogP contribution in [0.1, 0.15) is 10.6 Å². The number of anilines is 2. The Balaban J connectivity index is 1.73. The van der Waals surface area contributed by atoms with Gasteiger partial charge in [0.15, 0.2) is 0 Å². The number of rotatable bonds is 7. The average molecular weight is 368 g/mol. The number of carbonyl (C=O) groups is 1. The van der Waals surface area contributed by atoms with E-state index >= 15 is 0 Å². The molecular formula is C18H20N6OS. The number of nitrogens with zero attached hydrogens (tertiary/aromatic N) is 4. The van der Waals surface area contributed by atoms with Crippen LogP contribution in [-0.4, -0.2) is 39.4 Å². The Hall–Kier alpha value is -2.84. The second-order valence-corrected chi connectivity index (χ2v) is 7.12. The number of nitrogens with two attached hydrogens (primary N) is 1. The molecule has 0 aliphatic carbocycles. The average Bonchev–Trinajstić information content (AvgIpc) is 3.03. The zero-order chi connectivity index (χ0) is 18.5. The molecule has 134 valence electrons. The Morgan fingerprint density at radius 1 is 1.27 bits per heavy atom. The first kappa shape index (κ1) is 18.0. The van der Waals surface area contributed by atoms with Crippen LogP contribution < -0.4 is 11.1 Å². The fourth-order valence-corrected chi connectivity index (χ4v) is 3.40. The monoisotopic (exact) mass is 368 g/mol. The van der Waals surface area contributed by atoms with Crippen LogP contribution in [0.15, 0.2) is 42.7 Å². The van der Waals surface area contributed by atoms with Crippen LogP contribution in [0.2, 0.25) is 0 Å². The van der Waals surface area contributed by atoms with E-state index in [4.69, 9.17) is 5.73 Å². The van der Waals surface area contributed by atoms with Gasteiger partial charge < -0.3 is 11.1 Å². The zero-order valence-electron chi connectivity index (χ0n) is 14.6. The van der Waals surface area contributed by atoms with Crippen molar-refractivity contribution in [3.05, 3.63) is 53.3 Å². The van der Waals surface area contributed by atoms with Gasteiger partial charge in [-0.2, -0.15) is 0 Å². The van der Waals surface area contributed by atoms with Gasteiger partial charge in [-0.25, -0.2) is 15.0 Å². The number of amides is 1. The second-order valence-electron chi connectivity index (χ2n) is 6.01. The third-order valence-electron chi connectivity index (χ3n) is 3.56. The molecule has 7 nitrogen and oxygen atoms in total. The van der Waals surface area contributed by atoms with Crippen molar-refractivity contribution in [3.8, 4) is 10.6 Å². The van der Waals surface area contributed by atoms with Gasteiger partial charge in [0.25, 0.3) is 0 Å². The van der Waals surface area contributed by atoms with Crippen LogP contribution in [0.4, 0.5) is 11.6 Å². The highest BCUT2D eigenvalue weighted by Crippen LogP contribution is 2.26. The summed E-state index contributed by atoms with van der Waals surface area (Å²) in [6, 6.07) is 9.70. The fraction of sp³-hybridized carbons (Fsp3) is 0.222. The predicted octanol–water partition coefficient (Wildman–Crippen LogP) is 2.57. The molecule has 0 saturated heterocycles. The van der Waals surface area contributed by atoms with Gasteiger partial charge in [0, 0.05) is 12.4 Å². The number of thiazole rings is 1. The van der Waals surface area contributed by atoms with Crippen molar-refractivity contribution in [2.24, 2.45) is 5.73 Å². The van der Waals surface area contributed by atoms with Crippen molar-refractivity contribution in [2.45, 2.75) is 13.5 Å². The first-order chi connectivity index (χ1) is 12.5. The predicted molar refractivity (Wildman–Crippen MR) is 103 cm³/mol. The minimum Gasteiger partial charge on any atom is -0.369 e. The van der Waals surface area contributed by atoms with Crippen LogP contribution in [0.25, 0.3) is 10.6 Å². The summed E-state index contributed by atoms with van der Waals surface area (Å²) in [6.45, 7) is 2.79. The molecule has 8 heteroatoms. The third-order valence-corrected chi connectivity index (χ3v) is 4.56. The molecule has 0 radical (unpaired) electrons. The first-order valence-electron chi connectivity index (χ1n) is 8.08. The molecule has 3 aromatic rings. The molecule has 0 unspecified atom stereocenters. The summed E-state index contributed by atoms with van der Waals surface area (Å²) in [5.74, 6) is 1.13. The zero-order valence-corrected chi connectivity index (χ0v) is 15.5. The Kier molecular flexibility index (Phi) is 5.55. The molecule has 3 rings (SSSR count). The molecule has 0 fully saturated rings. The van der Waals surface area contributed by atoms with E-state index in [9.17, 15) is 4.79 Å². The number of aryl methyl sites for hydroxylation is 1. The van der Waals surface area contributed by atoms with Crippen LogP contribution in [0.3, 0.4) is 0 Å². The van der Waals surface area contributed by atoms with Crippen LogP contribution >= 0.6 is 11.3 Å². The molecule has 0 bridgehead atoms. The molecule has 0 spiro atoms. The van der Waals surface area contributed by atoms with Gasteiger partial charge in [-0.15, -0.1) is 11.3 Å². The van der Waals surface area contributed by atoms with Gasteiger partial charge in [-0.05, 0) is 43.8 Å². The van der Waals surface area contributed by atoms with Gasteiger partial charge in [0.2, 0.25) is 5.91 Å². The smallest absolute Gasteiger partial charge is 0.231 e. The van der Waals surface area contributed by atoms with Crippen molar-refractivity contribution in [3.63, 3.8) is 0 Å². The Morgan fingerprint density at radius 3 is 2.88 bits per heavy atom. The first-order valence-corrected chi connectivity index (χ1v) is 8.90. The van der Waals surface area contributed by atoms with E-state index < -0.39 is 0 Å². The fourth-order valence-electron chi connectivity index (χ4n) is 2.43. The number of aromatic nitrogens is 3. The van der Waals surface area contributed by atoms with E-state index in [0.29, 0.717) is 6.54 Å². The highest BCUT2D eigenvalue weighted by Gasteiger charge is 2.10. The lowest BCUT2D eigenvalue weighted by atomic mass is 10.3. The summed E-state index contributed by atoms with van der Waals surface area (Å²) in [5.41, 5.74) is 7.18. The number of carbonyl (C=O) groups excluding carboxylic acids is 1. The summed E-state index contributed by atoms with van der Waals surface area (Å²) in [5, 5.41) is 4.12. The maximum Gasteiger partial charge on any atom is 0.231 e. The largest absolute Gasteiger partial charge is 0.369 e. The third kappa shape index (κ3) is 4.84. The Bertz CT molecular complexity index is 910. The maximum atomic E-state index is 11.0. The molecule has 3 heterocycles. The number of hydrogen-bond donors (Lipinski definition) is 2. The molecule has 3 aromatic heterocycles. The summed E-state index contributed by atoms with van der Waals surface area (Å²) < 4.78 is 0. The van der Waals surface area contributed by atoms with Crippen molar-refractivity contribution in [2.75, 3.05) is 18.9 Å². The number of pyridine rings is 2. The van der Waals surface area contributed by atoms with Gasteiger partial charge in [0.1, 0.15) is 16.6 Å². The molecule has 0 atom stereocenters. The number of likely N-dealkylation sites (N-methyl/N-ethyl adjacent to an activating group) is 1. The summed E-state index contributed by atoms with van der Waals surface area (Å²) in [7, 11) is 1.84. The summed E-state index contributed by atoms with van der Waals surface area (Å²) >= 11 is 1.55. The van der Waals surface area contributed by atoms with Crippen LogP contribution in [0, 0.1) is 6.92 Å². The lowest BCUT2D eigenvalue weighted by Crippen LogP contribution is -2.30. The SMILES string of the molecule is Cc1ccnc(Nc2cccc(-c3cnc(CN(C)CC(N)=O)s3)n2)c1. The van der Waals surface area contributed by atoms with E-state index in [1.807, 2.05) is 49.2 Å². The quantitative estimate of drug-likeness (QED) is 0.665. The summed E-state index contributed by atoms with van der Waals surface area (Å²) in [4.78, 5) is 27.1. The van der Waals surface area contributed by atoms with E-state index in [1.165, 1.54) is 0 Å². The Labute approximate surface area is 155 Å². The lowest BCUT2D eigenvalue weighted by molar-refractivity contribution is -0.118. The summed E-state index contributed by atoms with van der Waals surface area (Å²) in [6.07, 6.45) is 3.56. The molecule has 0 aliphatic heterocycles. The second kappa shape index (κ2) is 8.03. The maximum absolute atomic E-state index is 11.0. The number of nitrogens with one attached hydrogen (secondary N) is 1. The van der Waals surface area contributed by atoms with Gasteiger partial charge >= 0.3 is 0 Å². The number of primary amides is 1. The minimum absolute atomic E-state index is 0.204. The molecule has 1 amide bonds. The lowest BCUT2D eigenvalue weighted by Gasteiger charge is -2.11. The topological polar surface area (TPSA) is 97.0 Å². The van der Waals surface area contributed by atoms with Gasteiger partial charge in [-0.3, -0.25) is 9.69 Å². The molecular weight excluding hydrogens is 348 g/mol. The van der Waals surface area contributed by atoms with Gasteiger partial charge in [-0.1, -0.05) is 6.07 Å². The highest BCUT2D eigenvalue weighted by molar-refractivity contribution is 7.15. The highest BCUT2D eigenvalue weighted by atomic mass is 32.1. The molecule has 3 N–H and O–H groups in total. The molecule has 0 aromatic carbocycles. The molecule has 0 aliphatic rings. The van der Waals surface area contributed by atoms with E-state index in [0.717, 1.165) is 32.8 Å². The molecule has 0 saturated carbocycles. The Morgan fingerprint density at radius 2 is 2.12 bits per heavy atom. The van der Waals surface area contributed by atoms with E-state index in [-0.39, 0.29) is 12.5 Å². The van der Waals surface area contributed by atoms with E-state index in [1.54, 1.807) is 23.7 Å². The van der Waals surface area contributed by atoms with E-state index in [2.05, 4.69) is 20.3 Å². The van der Waals surface area contributed by atoms with Crippen molar-refractivity contribution < 1.29 is 4.79 Å². The number of hydrogen-bond acceptors (Lipinski definition) is 7. The van der Waals surface area contributed by atoms with Crippen molar-refractivity contribution in [1.82, 2.24) is 19.9 Å². The standard InChI is InChI=1S/C18H20N6OS/c1-12-6-7-20-17(8-12)23-16-5-3-4-13(22-16)14-9-21-18(26-14)11-24(2)10-15(19)25/h3-9H,10-11H2,1-2H3,(H2,19,25)(H,20,22,23).